The lowest BCUT2D eigenvalue weighted by Gasteiger charge is -2.36. The molecule has 2 saturated heterocycles. The first-order valence-corrected chi connectivity index (χ1v) is 13.1. The lowest BCUT2D eigenvalue weighted by molar-refractivity contribution is -0.123. The van der Waals surface area contributed by atoms with E-state index in [2.05, 4.69) is 18.7 Å². The van der Waals surface area contributed by atoms with Crippen LogP contribution in [-0.2, 0) is 4.79 Å². The van der Waals surface area contributed by atoms with E-state index in [1.807, 2.05) is 55.5 Å². The molecule has 5 rings (SSSR count). The Balaban J connectivity index is 1.59. The molecule has 0 bridgehead atoms. The third-order valence-corrected chi connectivity index (χ3v) is 8.02. The number of rotatable bonds is 4. The maximum absolute atomic E-state index is 13.7. The molecule has 2 aliphatic rings. The molecule has 35 heavy (non-hydrogen) atoms. The van der Waals surface area contributed by atoms with Gasteiger partial charge >= 0.3 is 0 Å². The number of amides is 1. The quantitative estimate of drug-likeness (QED) is 0.362. The van der Waals surface area contributed by atoms with E-state index in [0.717, 1.165) is 25.1 Å². The number of anilines is 1. The molecule has 0 radical (unpaired) electrons. The zero-order valence-corrected chi connectivity index (χ0v) is 21.7. The van der Waals surface area contributed by atoms with Crippen LogP contribution in [0.5, 0.6) is 0 Å². The minimum Gasteiger partial charge on any atom is -0.355 e. The van der Waals surface area contributed by atoms with E-state index < -0.39 is 0 Å². The maximum Gasteiger partial charge on any atom is 0.267 e. The number of thiocarbonyl (C=S) groups is 1. The number of piperidine rings is 1. The predicted molar refractivity (Wildman–Crippen MR) is 146 cm³/mol. The van der Waals surface area contributed by atoms with Gasteiger partial charge in [0.2, 0.25) is 0 Å². The van der Waals surface area contributed by atoms with Gasteiger partial charge in [-0.15, -0.1) is 0 Å². The monoisotopic (exact) mass is 504 g/mol. The van der Waals surface area contributed by atoms with Crippen molar-refractivity contribution >= 4 is 51.7 Å². The minimum atomic E-state index is -0.200. The van der Waals surface area contributed by atoms with Crippen LogP contribution in [-0.4, -0.2) is 37.6 Å². The van der Waals surface area contributed by atoms with Crippen molar-refractivity contribution in [1.82, 2.24) is 14.3 Å². The van der Waals surface area contributed by atoms with E-state index in [9.17, 15) is 9.59 Å². The Morgan fingerprint density at radius 3 is 2.46 bits per heavy atom. The number of benzene rings is 1. The molecule has 2 aromatic heterocycles. The fraction of sp³-hybridized carbons (Fsp3) is 0.333. The predicted octanol–water partition coefficient (Wildman–Crippen LogP) is 5.14. The lowest BCUT2D eigenvalue weighted by Crippen LogP contribution is -2.40. The van der Waals surface area contributed by atoms with Crippen molar-refractivity contribution in [2.24, 2.45) is 11.8 Å². The van der Waals surface area contributed by atoms with Crippen LogP contribution in [0.3, 0.4) is 0 Å². The fourth-order valence-corrected chi connectivity index (χ4v) is 6.52. The number of carbonyl (C=O) groups excluding carboxylic acids is 1. The number of hydrogen-bond donors (Lipinski definition) is 0. The summed E-state index contributed by atoms with van der Waals surface area (Å²) in [5, 5.41) is 0. The molecule has 3 aromatic rings. The highest BCUT2D eigenvalue weighted by Gasteiger charge is 2.37. The molecular weight excluding hydrogens is 476 g/mol. The van der Waals surface area contributed by atoms with Crippen molar-refractivity contribution in [2.75, 3.05) is 18.0 Å². The Morgan fingerprint density at radius 2 is 1.74 bits per heavy atom. The molecule has 8 heteroatoms. The van der Waals surface area contributed by atoms with Crippen LogP contribution in [0.1, 0.15) is 44.4 Å². The molecular formula is C27H28N4O2S2. The van der Waals surface area contributed by atoms with Crippen molar-refractivity contribution < 1.29 is 4.79 Å². The van der Waals surface area contributed by atoms with Crippen molar-refractivity contribution in [3.05, 3.63) is 81.1 Å². The summed E-state index contributed by atoms with van der Waals surface area (Å²) in [5.41, 5.74) is 1.86. The van der Waals surface area contributed by atoms with Crippen LogP contribution in [0.15, 0.2) is 64.4 Å². The number of thioether (sulfide) groups is 1. The summed E-state index contributed by atoms with van der Waals surface area (Å²) in [5.74, 6) is 1.45. The Labute approximate surface area is 214 Å². The van der Waals surface area contributed by atoms with E-state index in [1.54, 1.807) is 21.6 Å². The van der Waals surface area contributed by atoms with Crippen molar-refractivity contribution in [2.45, 2.75) is 33.2 Å². The van der Waals surface area contributed by atoms with Crippen LogP contribution in [0.4, 0.5) is 5.82 Å². The third kappa shape index (κ3) is 4.52. The van der Waals surface area contributed by atoms with Crippen LogP contribution in [0.25, 0.3) is 11.7 Å². The zero-order valence-electron chi connectivity index (χ0n) is 20.0. The summed E-state index contributed by atoms with van der Waals surface area (Å²) < 4.78 is 2.03. The Bertz CT molecular complexity index is 1370. The highest BCUT2D eigenvalue weighted by Crippen LogP contribution is 2.38. The van der Waals surface area contributed by atoms with Gasteiger partial charge in [-0.05, 0) is 49.0 Å². The number of aromatic nitrogens is 2. The molecule has 0 spiro atoms. The van der Waals surface area contributed by atoms with Gasteiger partial charge in [0.15, 0.2) is 0 Å². The van der Waals surface area contributed by atoms with Gasteiger partial charge in [0.25, 0.3) is 11.5 Å². The number of carbonyl (C=O) groups is 1. The average Bonchev–Trinajstić information content (AvgIpc) is 3.12. The normalized spacial score (nSPS) is 22.9. The number of hydrogen-bond acceptors (Lipinski definition) is 6. The molecule has 2 aliphatic heterocycles. The second-order valence-electron chi connectivity index (χ2n) is 9.57. The van der Waals surface area contributed by atoms with E-state index >= 15 is 0 Å². The highest BCUT2D eigenvalue weighted by molar-refractivity contribution is 8.26. The molecule has 4 heterocycles. The van der Waals surface area contributed by atoms with Gasteiger partial charge in [-0.25, -0.2) is 4.98 Å². The molecule has 1 aromatic carbocycles. The molecule has 0 saturated carbocycles. The second-order valence-corrected chi connectivity index (χ2v) is 11.2. The first-order valence-electron chi connectivity index (χ1n) is 11.9. The van der Waals surface area contributed by atoms with E-state index in [1.165, 1.54) is 11.8 Å². The number of pyridine rings is 1. The van der Waals surface area contributed by atoms with E-state index in [4.69, 9.17) is 17.2 Å². The molecule has 0 N–H and O–H groups in total. The SMILES string of the molecule is C[C@@H]1C[C@H](C)CN(c2nc3ccccn3c(=O)c2/C=C2\SC(=S)N([C@@H](C)c3ccccc3)C2=O)C1. The summed E-state index contributed by atoms with van der Waals surface area (Å²) in [6.07, 6.45) is 4.56. The van der Waals surface area contributed by atoms with Gasteiger partial charge in [-0.1, -0.05) is 74.2 Å². The maximum atomic E-state index is 13.7. The summed E-state index contributed by atoms with van der Waals surface area (Å²) in [6, 6.07) is 15.2. The first kappa shape index (κ1) is 23.8. The van der Waals surface area contributed by atoms with E-state index in [0.29, 0.717) is 38.1 Å². The van der Waals surface area contributed by atoms with Crippen LogP contribution < -0.4 is 10.5 Å². The summed E-state index contributed by atoms with van der Waals surface area (Å²) in [6.45, 7) is 8.08. The van der Waals surface area contributed by atoms with Gasteiger partial charge in [0.05, 0.1) is 16.5 Å². The highest BCUT2D eigenvalue weighted by atomic mass is 32.2. The summed E-state index contributed by atoms with van der Waals surface area (Å²) >= 11 is 6.85. The smallest absolute Gasteiger partial charge is 0.267 e. The molecule has 2 fully saturated rings. The standard InChI is InChI=1S/C27H28N4O2S2/c1-17-13-18(2)16-29(15-17)24-21(25(32)30-12-8-7-11-23(30)28-24)14-22-26(33)31(27(34)35-22)19(3)20-9-5-4-6-10-20/h4-12,14,17-19H,13,15-16H2,1-3H3/b22-14-/t17-,18+,19-/m0/s1. The molecule has 1 amide bonds. The van der Waals surface area contributed by atoms with Crippen molar-refractivity contribution in [3.63, 3.8) is 0 Å². The minimum absolute atomic E-state index is 0.180. The molecule has 3 atom stereocenters. The van der Waals surface area contributed by atoms with Gasteiger partial charge in [0, 0.05) is 19.3 Å². The lowest BCUT2D eigenvalue weighted by atomic mass is 9.91. The second kappa shape index (κ2) is 9.59. The molecule has 0 unspecified atom stereocenters. The number of nitrogens with zero attached hydrogens (tertiary/aromatic N) is 4. The van der Waals surface area contributed by atoms with E-state index in [-0.39, 0.29) is 17.5 Å². The number of fused-ring (bicyclic) bond motifs is 1. The molecule has 0 aliphatic carbocycles. The first-order chi connectivity index (χ1) is 16.8. The van der Waals surface area contributed by atoms with Gasteiger partial charge in [-0.2, -0.15) is 0 Å². The van der Waals surface area contributed by atoms with Gasteiger partial charge < -0.3 is 4.90 Å². The van der Waals surface area contributed by atoms with Crippen molar-refractivity contribution in [3.8, 4) is 0 Å². The zero-order chi connectivity index (χ0) is 24.7. The Morgan fingerprint density at radius 1 is 1.06 bits per heavy atom. The summed E-state index contributed by atoms with van der Waals surface area (Å²) in [7, 11) is 0. The van der Waals surface area contributed by atoms with Crippen molar-refractivity contribution in [1.29, 1.82) is 0 Å². The Kier molecular flexibility index (Phi) is 6.51. The average molecular weight is 505 g/mol. The van der Waals surface area contributed by atoms with Crippen LogP contribution in [0.2, 0.25) is 0 Å². The van der Waals surface area contributed by atoms with Gasteiger partial charge in [-0.3, -0.25) is 18.9 Å². The topological polar surface area (TPSA) is 57.9 Å². The van der Waals surface area contributed by atoms with Gasteiger partial charge in [0.1, 0.15) is 15.8 Å². The Hall–Kier alpha value is -2.97. The fourth-order valence-electron chi connectivity index (χ4n) is 5.12. The third-order valence-electron chi connectivity index (χ3n) is 6.69. The van der Waals surface area contributed by atoms with Crippen LogP contribution >= 0.6 is 24.0 Å². The van der Waals surface area contributed by atoms with Crippen LogP contribution in [0, 0.1) is 11.8 Å². The summed E-state index contributed by atoms with van der Waals surface area (Å²) in [4.78, 5) is 36.3. The molecule has 180 valence electrons. The largest absolute Gasteiger partial charge is 0.355 e. The molecule has 6 nitrogen and oxygen atoms in total.